The molecule has 0 saturated heterocycles. The van der Waals surface area contributed by atoms with Gasteiger partial charge < -0.3 is 5.32 Å². The zero-order valence-corrected chi connectivity index (χ0v) is 11.6. The fourth-order valence-electron chi connectivity index (χ4n) is 1.33. The highest BCUT2D eigenvalue weighted by Crippen LogP contribution is 2.19. The molecule has 0 radical (unpaired) electrons. The second-order valence-corrected chi connectivity index (χ2v) is 4.91. The molecular weight excluding hydrogens is 259 g/mol. The lowest BCUT2D eigenvalue weighted by molar-refractivity contribution is 0.0928. The number of amides is 1. The fourth-order valence-corrected chi connectivity index (χ4v) is 1.60. The number of aromatic nitrogens is 1. The first-order valence-corrected chi connectivity index (χ1v) is 6.33. The van der Waals surface area contributed by atoms with Gasteiger partial charge in [-0.3, -0.25) is 4.79 Å². The van der Waals surface area contributed by atoms with Crippen molar-refractivity contribution in [1.82, 2.24) is 10.3 Å². The Morgan fingerprint density at radius 1 is 1.47 bits per heavy atom. The molecule has 2 unspecified atom stereocenters. The largest absolute Gasteiger partial charge is 0.349 e. The predicted octanol–water partition coefficient (Wildman–Crippen LogP) is 3.55. The van der Waals surface area contributed by atoms with Gasteiger partial charge >= 0.3 is 0 Å². The Morgan fingerprint density at radius 3 is 2.65 bits per heavy atom. The van der Waals surface area contributed by atoms with Crippen LogP contribution in [0.25, 0.3) is 0 Å². The SMILES string of the molecule is CCC(C)C(C)NC(=O)c1cnc(Cl)c(Cl)c1. The summed E-state index contributed by atoms with van der Waals surface area (Å²) in [6.07, 6.45) is 2.44. The number of hydrogen-bond acceptors (Lipinski definition) is 2. The molecule has 0 aliphatic heterocycles. The molecule has 3 nitrogen and oxygen atoms in total. The maximum atomic E-state index is 11.9. The highest BCUT2D eigenvalue weighted by atomic mass is 35.5. The van der Waals surface area contributed by atoms with Crippen LogP contribution in [0, 0.1) is 5.92 Å². The van der Waals surface area contributed by atoms with Crippen molar-refractivity contribution < 1.29 is 4.79 Å². The van der Waals surface area contributed by atoms with Crippen LogP contribution in [0.3, 0.4) is 0 Å². The summed E-state index contributed by atoms with van der Waals surface area (Å²) in [7, 11) is 0. The highest BCUT2D eigenvalue weighted by molar-refractivity contribution is 6.41. The maximum absolute atomic E-state index is 11.9. The monoisotopic (exact) mass is 274 g/mol. The summed E-state index contributed by atoms with van der Waals surface area (Å²) in [6, 6.07) is 1.64. The number of rotatable bonds is 4. The smallest absolute Gasteiger partial charge is 0.253 e. The molecule has 0 spiro atoms. The number of nitrogens with zero attached hydrogens (tertiary/aromatic N) is 1. The molecule has 5 heteroatoms. The molecule has 1 aromatic rings. The topological polar surface area (TPSA) is 42.0 Å². The number of carbonyl (C=O) groups excluding carboxylic acids is 1. The molecule has 94 valence electrons. The molecule has 2 atom stereocenters. The standard InChI is InChI=1S/C12H16Cl2N2O/c1-4-7(2)8(3)16-12(17)9-5-10(13)11(14)15-6-9/h5-8H,4H2,1-3H3,(H,16,17). The number of nitrogens with one attached hydrogen (secondary N) is 1. The van der Waals surface area contributed by atoms with E-state index in [1.807, 2.05) is 6.92 Å². The van der Waals surface area contributed by atoms with Crippen molar-refractivity contribution >= 4 is 29.1 Å². The quantitative estimate of drug-likeness (QED) is 0.854. The third-order valence-corrected chi connectivity index (χ3v) is 3.60. The van der Waals surface area contributed by atoms with E-state index >= 15 is 0 Å². The number of hydrogen-bond donors (Lipinski definition) is 1. The first-order chi connectivity index (χ1) is 7.95. The van der Waals surface area contributed by atoms with Crippen LogP contribution >= 0.6 is 23.2 Å². The predicted molar refractivity (Wildman–Crippen MR) is 70.6 cm³/mol. The van der Waals surface area contributed by atoms with Crippen LogP contribution in [-0.4, -0.2) is 16.9 Å². The van der Waals surface area contributed by atoms with E-state index < -0.39 is 0 Å². The zero-order chi connectivity index (χ0) is 13.0. The van der Waals surface area contributed by atoms with Crippen LogP contribution in [0.5, 0.6) is 0 Å². The van der Waals surface area contributed by atoms with Gasteiger partial charge in [0.15, 0.2) is 0 Å². The van der Waals surface area contributed by atoms with Gasteiger partial charge in [-0.25, -0.2) is 4.98 Å². The van der Waals surface area contributed by atoms with Gasteiger partial charge in [0.1, 0.15) is 5.15 Å². The van der Waals surface area contributed by atoms with Crippen LogP contribution in [-0.2, 0) is 0 Å². The summed E-state index contributed by atoms with van der Waals surface area (Å²) >= 11 is 11.5. The molecule has 0 saturated carbocycles. The van der Waals surface area contributed by atoms with Crippen molar-refractivity contribution in [3.63, 3.8) is 0 Å². The van der Waals surface area contributed by atoms with Crippen molar-refractivity contribution in [2.24, 2.45) is 5.92 Å². The van der Waals surface area contributed by atoms with Crippen molar-refractivity contribution in [1.29, 1.82) is 0 Å². The Bertz CT molecular complexity index is 409. The second-order valence-electron chi connectivity index (χ2n) is 4.14. The Hall–Kier alpha value is -0.800. The van der Waals surface area contributed by atoms with Gasteiger partial charge in [0.25, 0.3) is 5.91 Å². The van der Waals surface area contributed by atoms with Crippen molar-refractivity contribution in [3.05, 3.63) is 28.0 Å². The van der Waals surface area contributed by atoms with E-state index in [9.17, 15) is 4.79 Å². The third kappa shape index (κ3) is 3.86. The third-order valence-electron chi connectivity index (χ3n) is 2.91. The Balaban J connectivity index is 2.73. The normalized spacial score (nSPS) is 14.2. The Kier molecular flexibility index (Phi) is 5.22. The zero-order valence-electron chi connectivity index (χ0n) is 10.1. The van der Waals surface area contributed by atoms with Crippen molar-refractivity contribution in [2.75, 3.05) is 0 Å². The molecule has 0 bridgehead atoms. The molecule has 1 rings (SSSR count). The average Bonchev–Trinajstić information content (AvgIpc) is 2.31. The van der Waals surface area contributed by atoms with Gasteiger partial charge in [0.05, 0.1) is 10.6 Å². The minimum atomic E-state index is -0.177. The van der Waals surface area contributed by atoms with Gasteiger partial charge in [0.2, 0.25) is 0 Å². The van der Waals surface area contributed by atoms with E-state index in [1.54, 1.807) is 0 Å². The van der Waals surface area contributed by atoms with E-state index in [0.717, 1.165) is 6.42 Å². The lowest BCUT2D eigenvalue weighted by Crippen LogP contribution is -2.36. The molecule has 0 aliphatic rings. The van der Waals surface area contributed by atoms with Crippen LogP contribution in [0.1, 0.15) is 37.6 Å². The van der Waals surface area contributed by atoms with E-state index in [2.05, 4.69) is 24.1 Å². The molecule has 0 fully saturated rings. The Morgan fingerprint density at radius 2 is 2.12 bits per heavy atom. The molecule has 0 aromatic carbocycles. The summed E-state index contributed by atoms with van der Waals surface area (Å²) in [6.45, 7) is 6.17. The number of halogens is 2. The lowest BCUT2D eigenvalue weighted by Gasteiger charge is -2.19. The first-order valence-electron chi connectivity index (χ1n) is 5.57. The van der Waals surface area contributed by atoms with Gasteiger partial charge in [0, 0.05) is 12.2 Å². The molecule has 0 aliphatic carbocycles. The maximum Gasteiger partial charge on any atom is 0.253 e. The number of pyridine rings is 1. The molecule has 17 heavy (non-hydrogen) atoms. The van der Waals surface area contributed by atoms with E-state index in [0.29, 0.717) is 11.5 Å². The lowest BCUT2D eigenvalue weighted by atomic mass is 10.0. The minimum absolute atomic E-state index is 0.113. The molecular formula is C12H16Cl2N2O. The summed E-state index contributed by atoms with van der Waals surface area (Å²) < 4.78 is 0. The molecule has 1 N–H and O–H groups in total. The molecule has 1 aromatic heterocycles. The van der Waals surface area contributed by atoms with Crippen molar-refractivity contribution in [3.8, 4) is 0 Å². The fraction of sp³-hybridized carbons (Fsp3) is 0.500. The average molecular weight is 275 g/mol. The van der Waals surface area contributed by atoms with Crippen LogP contribution in [0.15, 0.2) is 12.3 Å². The van der Waals surface area contributed by atoms with Crippen LogP contribution < -0.4 is 5.32 Å². The highest BCUT2D eigenvalue weighted by Gasteiger charge is 2.15. The van der Waals surface area contributed by atoms with Gasteiger partial charge in [-0.15, -0.1) is 0 Å². The summed E-state index contributed by atoms with van der Waals surface area (Å²) in [5.41, 5.74) is 0.426. The summed E-state index contributed by atoms with van der Waals surface area (Å²) in [5, 5.41) is 3.41. The van der Waals surface area contributed by atoms with Gasteiger partial charge in [-0.2, -0.15) is 0 Å². The van der Waals surface area contributed by atoms with Crippen molar-refractivity contribution in [2.45, 2.75) is 33.2 Å². The minimum Gasteiger partial charge on any atom is -0.349 e. The second kappa shape index (κ2) is 6.22. The van der Waals surface area contributed by atoms with Gasteiger partial charge in [-0.1, -0.05) is 43.5 Å². The summed E-state index contributed by atoms with van der Waals surface area (Å²) in [4.78, 5) is 15.7. The first kappa shape index (κ1) is 14.3. The molecule has 1 amide bonds. The van der Waals surface area contributed by atoms with E-state index in [-0.39, 0.29) is 22.1 Å². The van der Waals surface area contributed by atoms with Crippen LogP contribution in [0.4, 0.5) is 0 Å². The Labute approximate surface area is 112 Å². The van der Waals surface area contributed by atoms with Crippen LogP contribution in [0.2, 0.25) is 10.2 Å². The number of carbonyl (C=O) groups is 1. The molecule has 1 heterocycles. The van der Waals surface area contributed by atoms with E-state index in [4.69, 9.17) is 23.2 Å². The van der Waals surface area contributed by atoms with Gasteiger partial charge in [-0.05, 0) is 18.9 Å². The summed E-state index contributed by atoms with van der Waals surface area (Å²) in [5.74, 6) is 0.249. The van der Waals surface area contributed by atoms with E-state index in [1.165, 1.54) is 12.3 Å².